The Morgan fingerprint density at radius 1 is 1.26 bits per heavy atom. The van der Waals surface area contributed by atoms with E-state index in [4.69, 9.17) is 9.84 Å². The van der Waals surface area contributed by atoms with Crippen molar-refractivity contribution in [1.82, 2.24) is 0 Å². The van der Waals surface area contributed by atoms with Crippen LogP contribution in [-0.2, 0) is 16.0 Å². The van der Waals surface area contributed by atoms with E-state index in [0.29, 0.717) is 6.61 Å². The van der Waals surface area contributed by atoms with Gasteiger partial charge in [0, 0.05) is 17.0 Å². The van der Waals surface area contributed by atoms with Crippen LogP contribution in [0.4, 0.5) is 5.69 Å². The number of carbonyl (C=O) groups excluding carboxylic acids is 1. The number of hydrogen-bond donors (Lipinski definition) is 2. The summed E-state index contributed by atoms with van der Waals surface area (Å²) in [7, 11) is 0. The maximum Gasteiger partial charge on any atom is 0.325 e. The summed E-state index contributed by atoms with van der Waals surface area (Å²) in [5.41, 5.74) is 0.771. The van der Waals surface area contributed by atoms with Crippen LogP contribution in [0.25, 0.3) is 0 Å². The van der Waals surface area contributed by atoms with Gasteiger partial charge in [0.15, 0.2) is 0 Å². The molecule has 0 amide bonds. The SMILES string of the molecule is O=C(CNc1ccc(O)cc1)OCCc1cccs1. The summed E-state index contributed by atoms with van der Waals surface area (Å²) in [5, 5.41) is 14.1. The molecule has 1 aromatic heterocycles. The van der Waals surface area contributed by atoms with Gasteiger partial charge in [-0.25, -0.2) is 0 Å². The second-order valence-electron chi connectivity index (χ2n) is 3.95. The van der Waals surface area contributed by atoms with Crippen LogP contribution in [0.5, 0.6) is 5.75 Å². The molecule has 1 aromatic carbocycles. The van der Waals surface area contributed by atoms with Crippen molar-refractivity contribution in [3.05, 3.63) is 46.7 Å². The number of thiophene rings is 1. The van der Waals surface area contributed by atoms with E-state index >= 15 is 0 Å². The Balaban J connectivity index is 1.65. The molecule has 0 bridgehead atoms. The van der Waals surface area contributed by atoms with Gasteiger partial charge in [-0.3, -0.25) is 4.79 Å². The van der Waals surface area contributed by atoms with Gasteiger partial charge in [-0.05, 0) is 35.7 Å². The molecule has 4 nitrogen and oxygen atoms in total. The first kappa shape index (κ1) is 13.4. The van der Waals surface area contributed by atoms with Crippen molar-refractivity contribution in [3.63, 3.8) is 0 Å². The van der Waals surface area contributed by atoms with Gasteiger partial charge in [0.25, 0.3) is 0 Å². The van der Waals surface area contributed by atoms with E-state index in [1.54, 1.807) is 35.6 Å². The van der Waals surface area contributed by atoms with E-state index in [9.17, 15) is 4.79 Å². The first-order valence-corrected chi connectivity index (χ1v) is 6.83. The zero-order valence-corrected chi connectivity index (χ0v) is 11.2. The number of anilines is 1. The zero-order chi connectivity index (χ0) is 13.5. The number of nitrogens with one attached hydrogen (secondary N) is 1. The Hall–Kier alpha value is -2.01. The standard InChI is InChI=1S/C14H15NO3S/c16-12-5-3-11(4-6-12)15-10-14(17)18-8-7-13-2-1-9-19-13/h1-6,9,15-16H,7-8,10H2. The Bertz CT molecular complexity index is 508. The third kappa shape index (κ3) is 4.63. The highest BCUT2D eigenvalue weighted by molar-refractivity contribution is 7.09. The van der Waals surface area contributed by atoms with Gasteiger partial charge in [-0.1, -0.05) is 6.07 Å². The number of phenolic OH excluding ortho intramolecular Hbond substituents is 1. The molecule has 1 heterocycles. The molecule has 2 rings (SSSR count). The number of esters is 1. The van der Waals surface area contributed by atoms with Crippen molar-refractivity contribution in [2.75, 3.05) is 18.5 Å². The van der Waals surface area contributed by atoms with E-state index < -0.39 is 0 Å². The molecular weight excluding hydrogens is 262 g/mol. The normalized spacial score (nSPS) is 10.1. The van der Waals surface area contributed by atoms with Crippen molar-refractivity contribution in [2.24, 2.45) is 0 Å². The Kier molecular flexibility index (Phi) is 4.80. The van der Waals surface area contributed by atoms with Crippen molar-refractivity contribution < 1.29 is 14.6 Å². The molecule has 0 radical (unpaired) electrons. The quantitative estimate of drug-likeness (QED) is 0.629. The predicted octanol–water partition coefficient (Wildman–Crippen LogP) is 2.65. The summed E-state index contributed by atoms with van der Waals surface area (Å²) in [6, 6.07) is 10.5. The van der Waals surface area contributed by atoms with Crippen LogP contribution < -0.4 is 5.32 Å². The largest absolute Gasteiger partial charge is 0.508 e. The summed E-state index contributed by atoms with van der Waals surface area (Å²) < 4.78 is 5.12. The van der Waals surface area contributed by atoms with Gasteiger partial charge < -0.3 is 15.2 Å². The smallest absolute Gasteiger partial charge is 0.325 e. The number of carbonyl (C=O) groups is 1. The number of hydrogen-bond acceptors (Lipinski definition) is 5. The van der Waals surface area contributed by atoms with E-state index in [-0.39, 0.29) is 18.3 Å². The monoisotopic (exact) mass is 277 g/mol. The second kappa shape index (κ2) is 6.80. The van der Waals surface area contributed by atoms with Crippen LogP contribution in [0, 0.1) is 0 Å². The summed E-state index contributed by atoms with van der Waals surface area (Å²) in [6.07, 6.45) is 0.753. The van der Waals surface area contributed by atoms with Gasteiger partial charge in [0.2, 0.25) is 0 Å². The highest BCUT2D eigenvalue weighted by atomic mass is 32.1. The first-order valence-electron chi connectivity index (χ1n) is 5.95. The van der Waals surface area contributed by atoms with Crippen molar-refractivity contribution in [1.29, 1.82) is 0 Å². The fourth-order valence-electron chi connectivity index (χ4n) is 1.52. The number of benzene rings is 1. The molecule has 0 saturated heterocycles. The van der Waals surface area contributed by atoms with Gasteiger partial charge in [-0.15, -0.1) is 11.3 Å². The van der Waals surface area contributed by atoms with Gasteiger partial charge >= 0.3 is 5.97 Å². The lowest BCUT2D eigenvalue weighted by atomic mass is 10.3. The number of aromatic hydroxyl groups is 1. The maximum atomic E-state index is 11.5. The fourth-order valence-corrected chi connectivity index (χ4v) is 2.22. The number of rotatable bonds is 6. The summed E-state index contributed by atoms with van der Waals surface area (Å²) in [4.78, 5) is 12.7. The Morgan fingerprint density at radius 2 is 2.05 bits per heavy atom. The van der Waals surface area contributed by atoms with Crippen LogP contribution in [0.2, 0.25) is 0 Å². The molecule has 19 heavy (non-hydrogen) atoms. The molecule has 100 valence electrons. The van der Waals surface area contributed by atoms with E-state index in [2.05, 4.69) is 5.32 Å². The summed E-state index contributed by atoms with van der Waals surface area (Å²) >= 11 is 1.66. The van der Waals surface area contributed by atoms with Gasteiger partial charge in [0.05, 0.1) is 6.61 Å². The van der Waals surface area contributed by atoms with Crippen LogP contribution in [0.3, 0.4) is 0 Å². The highest BCUT2D eigenvalue weighted by Crippen LogP contribution is 2.13. The van der Waals surface area contributed by atoms with Gasteiger partial charge in [-0.2, -0.15) is 0 Å². The molecule has 0 aliphatic carbocycles. The average molecular weight is 277 g/mol. The van der Waals surface area contributed by atoms with Gasteiger partial charge in [0.1, 0.15) is 12.3 Å². The minimum atomic E-state index is -0.287. The van der Waals surface area contributed by atoms with Crippen LogP contribution >= 0.6 is 11.3 Å². The van der Waals surface area contributed by atoms with E-state index in [0.717, 1.165) is 12.1 Å². The molecule has 0 unspecified atom stereocenters. The molecule has 2 N–H and O–H groups in total. The Morgan fingerprint density at radius 3 is 2.74 bits per heavy atom. The predicted molar refractivity (Wildman–Crippen MR) is 75.6 cm³/mol. The number of ether oxygens (including phenoxy) is 1. The van der Waals surface area contributed by atoms with Crippen molar-refractivity contribution in [2.45, 2.75) is 6.42 Å². The van der Waals surface area contributed by atoms with Crippen LogP contribution in [0.15, 0.2) is 41.8 Å². The van der Waals surface area contributed by atoms with E-state index in [1.807, 2.05) is 17.5 Å². The van der Waals surface area contributed by atoms with Crippen molar-refractivity contribution >= 4 is 23.0 Å². The third-order valence-corrected chi connectivity index (χ3v) is 3.43. The fraction of sp³-hybridized carbons (Fsp3) is 0.214. The average Bonchev–Trinajstić information content (AvgIpc) is 2.91. The molecule has 2 aromatic rings. The Labute approximate surface area is 115 Å². The van der Waals surface area contributed by atoms with Crippen molar-refractivity contribution in [3.8, 4) is 5.75 Å². The zero-order valence-electron chi connectivity index (χ0n) is 10.3. The summed E-state index contributed by atoms with van der Waals surface area (Å²) in [6.45, 7) is 0.520. The van der Waals surface area contributed by atoms with Crippen LogP contribution in [0.1, 0.15) is 4.88 Å². The molecule has 0 spiro atoms. The molecule has 0 aliphatic rings. The minimum absolute atomic E-state index is 0.120. The molecule has 0 saturated carbocycles. The molecule has 5 heteroatoms. The van der Waals surface area contributed by atoms with Crippen LogP contribution in [-0.4, -0.2) is 24.2 Å². The minimum Gasteiger partial charge on any atom is -0.508 e. The topological polar surface area (TPSA) is 58.6 Å². The second-order valence-corrected chi connectivity index (χ2v) is 4.98. The molecule has 0 atom stereocenters. The highest BCUT2D eigenvalue weighted by Gasteiger charge is 2.03. The lowest BCUT2D eigenvalue weighted by molar-refractivity contribution is -0.141. The molecule has 0 fully saturated rings. The summed E-state index contributed by atoms with van der Waals surface area (Å²) in [5.74, 6) is -0.0892. The molecule has 0 aliphatic heterocycles. The first-order chi connectivity index (χ1) is 9.24. The lowest BCUT2D eigenvalue weighted by Gasteiger charge is -2.07. The van der Waals surface area contributed by atoms with E-state index in [1.165, 1.54) is 4.88 Å². The maximum absolute atomic E-state index is 11.5. The lowest BCUT2D eigenvalue weighted by Crippen LogP contribution is -2.17. The third-order valence-electron chi connectivity index (χ3n) is 2.50. The molecular formula is C14H15NO3S. The number of phenols is 1.